The van der Waals surface area contributed by atoms with E-state index in [1.54, 1.807) is 60.7 Å². The number of esters is 1. The molecule has 0 aliphatic carbocycles. The van der Waals surface area contributed by atoms with E-state index in [9.17, 15) is 9.59 Å². The molecule has 1 N–H and O–H groups in total. The number of hydrogen-bond donors (Lipinski definition) is 1. The summed E-state index contributed by atoms with van der Waals surface area (Å²) in [5.41, 5.74) is 4.01. The van der Waals surface area contributed by atoms with Crippen molar-refractivity contribution in [2.75, 3.05) is 13.2 Å². The van der Waals surface area contributed by atoms with Gasteiger partial charge < -0.3 is 14.2 Å². The van der Waals surface area contributed by atoms with Gasteiger partial charge in [-0.3, -0.25) is 4.79 Å². The van der Waals surface area contributed by atoms with Crippen molar-refractivity contribution in [3.05, 3.63) is 87.9 Å². The zero-order valence-corrected chi connectivity index (χ0v) is 19.8. The molecule has 0 aliphatic rings. The summed E-state index contributed by atoms with van der Waals surface area (Å²) in [6, 6.07) is 18.8. The maximum Gasteiger partial charge on any atom is 0.343 e. The molecule has 0 bridgehead atoms. The second-order valence-electron chi connectivity index (χ2n) is 6.67. The van der Waals surface area contributed by atoms with Crippen molar-refractivity contribution < 1.29 is 23.8 Å². The molecule has 3 aromatic rings. The Kier molecular flexibility index (Phi) is 8.60. The first-order valence-electron chi connectivity index (χ1n) is 10.3. The zero-order chi connectivity index (χ0) is 23.6. The molecule has 0 saturated heterocycles. The molecule has 0 radical (unpaired) electrons. The van der Waals surface area contributed by atoms with Crippen LogP contribution in [0.5, 0.6) is 17.2 Å². The van der Waals surface area contributed by atoms with Crippen molar-refractivity contribution in [2.24, 2.45) is 5.10 Å². The molecule has 1 amide bonds. The van der Waals surface area contributed by atoms with Crippen LogP contribution >= 0.6 is 15.9 Å². The highest BCUT2D eigenvalue weighted by Gasteiger charge is 2.14. The third kappa shape index (κ3) is 6.66. The van der Waals surface area contributed by atoms with Crippen LogP contribution in [-0.4, -0.2) is 31.3 Å². The summed E-state index contributed by atoms with van der Waals surface area (Å²) in [7, 11) is 0. The molecule has 0 atom stereocenters. The van der Waals surface area contributed by atoms with Gasteiger partial charge in [0.25, 0.3) is 5.91 Å². The lowest BCUT2D eigenvalue weighted by atomic mass is 10.2. The van der Waals surface area contributed by atoms with Crippen LogP contribution in [0.4, 0.5) is 0 Å². The average molecular weight is 511 g/mol. The van der Waals surface area contributed by atoms with Gasteiger partial charge >= 0.3 is 5.97 Å². The standard InChI is InChI=1S/C25H23BrN2O5/c1-3-31-19-12-10-18(11-13-19)25(30)33-22-14-9-17(15-23(22)32-4-2)16-27-28-24(29)20-7-5-6-8-21(20)26/h5-16H,3-4H2,1-2H3,(H,28,29). The maximum absolute atomic E-state index is 12.5. The summed E-state index contributed by atoms with van der Waals surface area (Å²) in [4.78, 5) is 24.8. The highest BCUT2D eigenvalue weighted by Crippen LogP contribution is 2.29. The van der Waals surface area contributed by atoms with Crippen molar-refractivity contribution in [2.45, 2.75) is 13.8 Å². The Labute approximate surface area is 200 Å². The summed E-state index contributed by atoms with van der Waals surface area (Å²) in [5, 5.41) is 4.00. The zero-order valence-electron chi connectivity index (χ0n) is 18.2. The fourth-order valence-electron chi connectivity index (χ4n) is 2.84. The molecule has 8 heteroatoms. The van der Waals surface area contributed by atoms with E-state index in [0.717, 1.165) is 0 Å². The number of ether oxygens (including phenoxy) is 3. The van der Waals surface area contributed by atoms with Crippen LogP contribution < -0.4 is 19.6 Å². The van der Waals surface area contributed by atoms with Gasteiger partial charge in [-0.1, -0.05) is 12.1 Å². The van der Waals surface area contributed by atoms with Crippen molar-refractivity contribution in [1.82, 2.24) is 5.43 Å². The fourth-order valence-corrected chi connectivity index (χ4v) is 3.31. The number of halogens is 1. The van der Waals surface area contributed by atoms with Gasteiger partial charge in [-0.05, 0) is 89.9 Å². The molecule has 0 heterocycles. The van der Waals surface area contributed by atoms with Gasteiger partial charge in [-0.2, -0.15) is 5.10 Å². The SMILES string of the molecule is CCOc1ccc(C(=O)Oc2ccc(C=NNC(=O)c3ccccc3Br)cc2OCC)cc1. The van der Waals surface area contributed by atoms with Crippen LogP contribution in [0.1, 0.15) is 40.1 Å². The average Bonchev–Trinajstić information content (AvgIpc) is 2.81. The smallest absolute Gasteiger partial charge is 0.343 e. The first kappa shape index (κ1) is 24.0. The molecule has 3 aromatic carbocycles. The highest BCUT2D eigenvalue weighted by atomic mass is 79.9. The van der Waals surface area contributed by atoms with Crippen molar-refractivity contribution >= 4 is 34.0 Å². The number of carbonyl (C=O) groups excluding carboxylic acids is 2. The number of nitrogens with zero attached hydrogens (tertiary/aromatic N) is 1. The normalized spacial score (nSPS) is 10.6. The first-order chi connectivity index (χ1) is 16.0. The van der Waals surface area contributed by atoms with Crippen LogP contribution in [0.15, 0.2) is 76.3 Å². The Morgan fingerprint density at radius 2 is 1.67 bits per heavy atom. The molecule has 170 valence electrons. The van der Waals surface area contributed by atoms with Crippen molar-refractivity contribution in [3.63, 3.8) is 0 Å². The summed E-state index contributed by atoms with van der Waals surface area (Å²) < 4.78 is 17.2. The van der Waals surface area contributed by atoms with E-state index in [2.05, 4.69) is 26.5 Å². The van der Waals surface area contributed by atoms with E-state index < -0.39 is 5.97 Å². The molecular formula is C25H23BrN2O5. The summed E-state index contributed by atoms with van der Waals surface area (Å²) in [6.07, 6.45) is 1.48. The number of hydrogen-bond acceptors (Lipinski definition) is 6. The van der Waals surface area contributed by atoms with E-state index in [0.29, 0.717) is 45.9 Å². The number of nitrogens with one attached hydrogen (secondary N) is 1. The monoisotopic (exact) mass is 510 g/mol. The minimum atomic E-state index is -0.513. The number of hydrazone groups is 1. The molecule has 0 fully saturated rings. The van der Waals surface area contributed by atoms with Gasteiger partial charge in [0.15, 0.2) is 11.5 Å². The predicted octanol–water partition coefficient (Wildman–Crippen LogP) is 5.23. The van der Waals surface area contributed by atoms with Crippen LogP contribution in [0, 0.1) is 0 Å². The topological polar surface area (TPSA) is 86.2 Å². The Bertz CT molecular complexity index is 1150. The Hall–Kier alpha value is -3.65. The lowest BCUT2D eigenvalue weighted by Crippen LogP contribution is -2.18. The van der Waals surface area contributed by atoms with Crippen LogP contribution in [-0.2, 0) is 0 Å². The molecule has 0 spiro atoms. The predicted molar refractivity (Wildman–Crippen MR) is 129 cm³/mol. The number of amides is 1. The molecule has 0 unspecified atom stereocenters. The molecular weight excluding hydrogens is 488 g/mol. The molecule has 0 aliphatic heterocycles. The number of rotatable bonds is 9. The fraction of sp³-hybridized carbons (Fsp3) is 0.160. The van der Waals surface area contributed by atoms with E-state index in [1.807, 2.05) is 19.9 Å². The van der Waals surface area contributed by atoms with E-state index in [-0.39, 0.29) is 11.7 Å². The van der Waals surface area contributed by atoms with Crippen molar-refractivity contribution in [1.29, 1.82) is 0 Å². The van der Waals surface area contributed by atoms with E-state index in [4.69, 9.17) is 14.2 Å². The molecule has 0 aromatic heterocycles. The Morgan fingerprint density at radius 3 is 2.36 bits per heavy atom. The molecule has 33 heavy (non-hydrogen) atoms. The van der Waals surface area contributed by atoms with Crippen LogP contribution in [0.2, 0.25) is 0 Å². The Morgan fingerprint density at radius 1 is 0.939 bits per heavy atom. The lowest BCUT2D eigenvalue weighted by Gasteiger charge is -2.11. The molecule has 3 rings (SSSR count). The molecule has 7 nitrogen and oxygen atoms in total. The summed E-state index contributed by atoms with van der Waals surface area (Å²) in [5.74, 6) is 0.494. The minimum Gasteiger partial charge on any atom is -0.494 e. The second-order valence-corrected chi connectivity index (χ2v) is 7.52. The second kappa shape index (κ2) is 11.8. The Balaban J connectivity index is 1.69. The first-order valence-corrected chi connectivity index (χ1v) is 11.1. The van der Waals surface area contributed by atoms with Gasteiger partial charge in [0.05, 0.1) is 30.6 Å². The van der Waals surface area contributed by atoms with E-state index in [1.165, 1.54) is 6.21 Å². The summed E-state index contributed by atoms with van der Waals surface area (Å²) in [6.45, 7) is 4.65. The van der Waals surface area contributed by atoms with Gasteiger partial charge in [0.2, 0.25) is 0 Å². The minimum absolute atomic E-state index is 0.283. The quantitative estimate of drug-likeness (QED) is 0.184. The lowest BCUT2D eigenvalue weighted by molar-refractivity contribution is 0.0728. The maximum atomic E-state index is 12.5. The van der Waals surface area contributed by atoms with Gasteiger partial charge in [0, 0.05) is 4.47 Å². The third-order valence-electron chi connectivity index (χ3n) is 4.37. The highest BCUT2D eigenvalue weighted by molar-refractivity contribution is 9.10. The third-order valence-corrected chi connectivity index (χ3v) is 5.06. The van der Waals surface area contributed by atoms with Crippen LogP contribution in [0.25, 0.3) is 0 Å². The van der Waals surface area contributed by atoms with Gasteiger partial charge in [-0.25, -0.2) is 10.2 Å². The summed E-state index contributed by atoms with van der Waals surface area (Å²) >= 11 is 3.34. The van der Waals surface area contributed by atoms with Crippen LogP contribution in [0.3, 0.4) is 0 Å². The number of carbonyl (C=O) groups is 2. The van der Waals surface area contributed by atoms with Crippen molar-refractivity contribution in [3.8, 4) is 17.2 Å². The van der Waals surface area contributed by atoms with Gasteiger partial charge in [0.1, 0.15) is 5.75 Å². The van der Waals surface area contributed by atoms with E-state index >= 15 is 0 Å². The van der Waals surface area contributed by atoms with Gasteiger partial charge in [-0.15, -0.1) is 0 Å². The molecule has 0 saturated carbocycles. The number of benzene rings is 3. The largest absolute Gasteiger partial charge is 0.494 e.